The summed E-state index contributed by atoms with van der Waals surface area (Å²) in [7, 11) is -1.49. The molecule has 0 radical (unpaired) electrons. The van der Waals surface area contributed by atoms with Gasteiger partial charge in [0.05, 0.1) is 30.0 Å². The fourth-order valence-electron chi connectivity index (χ4n) is 2.03. The lowest BCUT2D eigenvalue weighted by molar-refractivity contribution is 0.392. The lowest BCUT2D eigenvalue weighted by Gasteiger charge is -2.21. The summed E-state index contributed by atoms with van der Waals surface area (Å²) >= 11 is 0. The highest BCUT2D eigenvalue weighted by atomic mass is 32.2. The molecule has 0 saturated carbocycles. The molecule has 0 amide bonds. The van der Waals surface area contributed by atoms with Crippen molar-refractivity contribution in [3.63, 3.8) is 0 Å². The number of ether oxygens (including phenoxy) is 1. The average molecular weight is 257 g/mol. The lowest BCUT2D eigenvalue weighted by Crippen LogP contribution is -2.24. The molecule has 1 fully saturated rings. The van der Waals surface area contributed by atoms with Crippen LogP contribution in [0.2, 0.25) is 0 Å². The molecule has 94 valence electrons. The van der Waals surface area contributed by atoms with Crippen molar-refractivity contribution >= 4 is 15.5 Å². The molecule has 0 aliphatic carbocycles. The van der Waals surface area contributed by atoms with Crippen molar-refractivity contribution in [1.82, 2.24) is 10.2 Å². The molecule has 6 nitrogen and oxygen atoms in total. The molecular formula is C10H15N3O3S. The third-order valence-corrected chi connectivity index (χ3v) is 4.70. The smallest absolute Gasteiger partial charge is 0.256 e. The number of nitrogens with zero attached hydrogens (tertiary/aromatic N) is 2. The monoisotopic (exact) mass is 257 g/mol. The van der Waals surface area contributed by atoms with Crippen LogP contribution in [-0.4, -0.2) is 37.2 Å². The Morgan fingerprint density at radius 1 is 1.47 bits per heavy atom. The number of rotatable bonds is 2. The van der Waals surface area contributed by atoms with Gasteiger partial charge in [0.2, 0.25) is 0 Å². The number of nitrogens with two attached hydrogens (primary N) is 1. The Kier molecular flexibility index (Phi) is 3.19. The number of aromatic nitrogens is 2. The van der Waals surface area contributed by atoms with Gasteiger partial charge in [-0.2, -0.15) is 5.10 Å². The molecule has 2 rings (SSSR count). The van der Waals surface area contributed by atoms with Gasteiger partial charge in [0.15, 0.2) is 9.84 Å². The van der Waals surface area contributed by atoms with E-state index in [4.69, 9.17) is 10.5 Å². The van der Waals surface area contributed by atoms with Crippen molar-refractivity contribution in [2.45, 2.75) is 18.8 Å². The van der Waals surface area contributed by atoms with E-state index >= 15 is 0 Å². The van der Waals surface area contributed by atoms with Crippen LogP contribution in [0, 0.1) is 0 Å². The van der Waals surface area contributed by atoms with E-state index in [1.165, 1.54) is 7.11 Å². The Morgan fingerprint density at radius 2 is 2.24 bits per heavy atom. The first-order chi connectivity index (χ1) is 8.02. The molecule has 1 saturated heterocycles. The van der Waals surface area contributed by atoms with Crippen molar-refractivity contribution in [2.75, 3.05) is 24.3 Å². The van der Waals surface area contributed by atoms with Gasteiger partial charge in [0.25, 0.3) is 5.88 Å². The van der Waals surface area contributed by atoms with Gasteiger partial charge < -0.3 is 10.5 Å². The van der Waals surface area contributed by atoms with Crippen molar-refractivity contribution in [3.05, 3.63) is 11.8 Å². The van der Waals surface area contributed by atoms with Crippen molar-refractivity contribution in [2.24, 2.45) is 0 Å². The predicted octanol–water partition coefficient (Wildman–Crippen LogP) is 0.360. The molecule has 1 atom stereocenters. The van der Waals surface area contributed by atoms with E-state index in [9.17, 15) is 8.42 Å². The number of anilines is 1. The molecule has 1 aliphatic rings. The third kappa shape index (κ3) is 2.66. The van der Waals surface area contributed by atoms with E-state index in [0.717, 1.165) is 6.42 Å². The predicted molar refractivity (Wildman–Crippen MR) is 63.6 cm³/mol. The molecule has 17 heavy (non-hydrogen) atoms. The van der Waals surface area contributed by atoms with E-state index in [1.54, 1.807) is 6.07 Å². The van der Waals surface area contributed by atoms with Gasteiger partial charge >= 0.3 is 0 Å². The second kappa shape index (κ2) is 4.48. The number of hydrogen-bond donors (Lipinski definition) is 1. The van der Waals surface area contributed by atoms with Gasteiger partial charge in [-0.25, -0.2) is 8.42 Å². The number of nitrogen functional groups attached to an aromatic ring is 1. The summed E-state index contributed by atoms with van der Waals surface area (Å²) in [4.78, 5) is 0. The summed E-state index contributed by atoms with van der Waals surface area (Å²) in [6.07, 6.45) is 1.47. The Balaban J connectivity index is 2.25. The summed E-state index contributed by atoms with van der Waals surface area (Å²) in [5, 5.41) is 7.81. The average Bonchev–Trinajstić information content (AvgIpc) is 2.27. The Bertz CT molecular complexity index is 516. The maximum Gasteiger partial charge on any atom is 0.256 e. The second-order valence-electron chi connectivity index (χ2n) is 4.19. The Labute approximate surface area is 100 Å². The molecule has 2 heterocycles. The Hall–Kier alpha value is -1.37. The van der Waals surface area contributed by atoms with Crippen molar-refractivity contribution in [1.29, 1.82) is 0 Å². The van der Waals surface area contributed by atoms with Gasteiger partial charge in [-0.1, -0.05) is 0 Å². The van der Waals surface area contributed by atoms with E-state index in [2.05, 4.69) is 10.2 Å². The molecule has 0 spiro atoms. The topological polar surface area (TPSA) is 95.2 Å². The van der Waals surface area contributed by atoms with E-state index in [1.807, 2.05) is 0 Å². The van der Waals surface area contributed by atoms with Gasteiger partial charge in [-0.05, 0) is 18.9 Å². The SMILES string of the molecule is COc1nnc(C2CCCS(=O)(=O)C2)cc1N. The normalized spacial score (nSPS) is 23.2. The lowest BCUT2D eigenvalue weighted by atomic mass is 10.0. The number of sulfone groups is 1. The maximum absolute atomic E-state index is 11.5. The summed E-state index contributed by atoms with van der Waals surface area (Å²) in [5.74, 6) is 0.567. The zero-order valence-electron chi connectivity index (χ0n) is 9.59. The quantitative estimate of drug-likeness (QED) is 0.822. The third-order valence-electron chi connectivity index (χ3n) is 2.88. The van der Waals surface area contributed by atoms with Crippen LogP contribution in [0.25, 0.3) is 0 Å². The van der Waals surface area contributed by atoms with E-state index < -0.39 is 9.84 Å². The molecule has 7 heteroatoms. The first-order valence-corrected chi connectivity index (χ1v) is 7.21. The highest BCUT2D eigenvalue weighted by Gasteiger charge is 2.27. The summed E-state index contributed by atoms with van der Waals surface area (Å²) in [6.45, 7) is 0. The minimum absolute atomic E-state index is 0.102. The van der Waals surface area contributed by atoms with E-state index in [-0.39, 0.29) is 23.3 Å². The second-order valence-corrected chi connectivity index (χ2v) is 6.42. The van der Waals surface area contributed by atoms with Gasteiger partial charge in [0.1, 0.15) is 0 Å². The minimum Gasteiger partial charge on any atom is -0.478 e. The van der Waals surface area contributed by atoms with Crippen LogP contribution in [0.5, 0.6) is 5.88 Å². The standard InChI is InChI=1S/C10H15N3O3S/c1-16-10-8(11)5-9(12-13-10)7-3-2-4-17(14,15)6-7/h5,7H,2-4,6H2,1H3,(H2,11,12). The van der Waals surface area contributed by atoms with E-state index in [0.29, 0.717) is 17.8 Å². The first-order valence-electron chi connectivity index (χ1n) is 5.39. The summed E-state index contributed by atoms with van der Waals surface area (Å²) in [5.41, 5.74) is 6.75. The van der Waals surface area contributed by atoms with Gasteiger partial charge in [-0.3, -0.25) is 0 Å². The Morgan fingerprint density at radius 3 is 2.82 bits per heavy atom. The molecule has 1 aromatic heterocycles. The van der Waals surface area contributed by atoms with Crippen LogP contribution in [0.4, 0.5) is 5.69 Å². The van der Waals surface area contributed by atoms with Crippen LogP contribution < -0.4 is 10.5 Å². The molecule has 1 unspecified atom stereocenters. The number of methoxy groups -OCH3 is 1. The van der Waals surface area contributed by atoms with Crippen LogP contribution in [0.15, 0.2) is 6.07 Å². The fraction of sp³-hybridized carbons (Fsp3) is 0.600. The van der Waals surface area contributed by atoms with Crippen molar-refractivity contribution < 1.29 is 13.2 Å². The van der Waals surface area contributed by atoms with Crippen LogP contribution >= 0.6 is 0 Å². The largest absolute Gasteiger partial charge is 0.478 e. The first kappa shape index (κ1) is 12.1. The zero-order chi connectivity index (χ0) is 12.5. The van der Waals surface area contributed by atoms with Crippen molar-refractivity contribution in [3.8, 4) is 5.88 Å². The number of hydrogen-bond acceptors (Lipinski definition) is 6. The molecule has 1 aliphatic heterocycles. The highest BCUT2D eigenvalue weighted by Crippen LogP contribution is 2.29. The molecule has 1 aromatic rings. The minimum atomic E-state index is -2.95. The van der Waals surface area contributed by atoms with Crippen LogP contribution in [0.3, 0.4) is 0 Å². The molecule has 0 bridgehead atoms. The fourth-order valence-corrected chi connectivity index (χ4v) is 3.75. The van der Waals surface area contributed by atoms with Gasteiger partial charge in [0, 0.05) is 5.92 Å². The molecule has 0 aromatic carbocycles. The zero-order valence-corrected chi connectivity index (χ0v) is 10.4. The summed E-state index contributed by atoms with van der Waals surface area (Å²) in [6, 6.07) is 1.65. The van der Waals surface area contributed by atoms with Crippen LogP contribution in [-0.2, 0) is 9.84 Å². The molecule has 2 N–H and O–H groups in total. The highest BCUT2D eigenvalue weighted by molar-refractivity contribution is 7.91. The maximum atomic E-state index is 11.5. The summed E-state index contributed by atoms with van der Waals surface area (Å²) < 4.78 is 28.0. The van der Waals surface area contributed by atoms with Crippen LogP contribution in [0.1, 0.15) is 24.5 Å². The van der Waals surface area contributed by atoms with Gasteiger partial charge in [-0.15, -0.1) is 5.10 Å². The molecular weight excluding hydrogens is 242 g/mol.